The van der Waals surface area contributed by atoms with E-state index in [4.69, 9.17) is 4.74 Å². The summed E-state index contributed by atoms with van der Waals surface area (Å²) in [6.07, 6.45) is 1.22. The van der Waals surface area contributed by atoms with Gasteiger partial charge in [-0.2, -0.15) is 0 Å². The van der Waals surface area contributed by atoms with Crippen molar-refractivity contribution in [1.82, 2.24) is 15.1 Å². The summed E-state index contributed by atoms with van der Waals surface area (Å²) >= 11 is 1.89. The maximum atomic E-state index is 5.47. The number of thioether (sulfide) groups is 1. The third-order valence-electron chi connectivity index (χ3n) is 4.91. The van der Waals surface area contributed by atoms with Crippen LogP contribution < -0.4 is 5.32 Å². The van der Waals surface area contributed by atoms with Gasteiger partial charge in [-0.3, -0.25) is 9.89 Å². The van der Waals surface area contributed by atoms with Gasteiger partial charge >= 0.3 is 0 Å². The quantitative estimate of drug-likeness (QED) is 0.226. The molecule has 2 fully saturated rings. The maximum Gasteiger partial charge on any atom is 0.193 e. The van der Waals surface area contributed by atoms with Gasteiger partial charge in [-0.15, -0.1) is 35.7 Å². The highest BCUT2D eigenvalue weighted by molar-refractivity contribution is 14.0. The van der Waals surface area contributed by atoms with E-state index in [9.17, 15) is 0 Å². The summed E-state index contributed by atoms with van der Waals surface area (Å²) in [5.74, 6) is 2.09. The van der Waals surface area contributed by atoms with Crippen molar-refractivity contribution in [2.24, 2.45) is 4.99 Å². The van der Waals surface area contributed by atoms with Crippen LogP contribution in [0.3, 0.4) is 0 Å². The Morgan fingerprint density at radius 3 is 2.65 bits per heavy atom. The molecular weight excluding hydrogens is 459 g/mol. The van der Waals surface area contributed by atoms with Crippen LogP contribution in [0.4, 0.5) is 0 Å². The zero-order valence-corrected chi connectivity index (χ0v) is 19.0. The molecule has 2 aliphatic heterocycles. The molecule has 7 heteroatoms. The molecule has 26 heavy (non-hydrogen) atoms. The Balaban J connectivity index is 0.00000243. The van der Waals surface area contributed by atoms with Crippen molar-refractivity contribution in [3.8, 4) is 0 Å². The number of likely N-dealkylation sites (tertiary alicyclic amines) is 1. The van der Waals surface area contributed by atoms with Gasteiger partial charge in [0.05, 0.1) is 13.2 Å². The first-order valence-electron chi connectivity index (χ1n) is 9.23. The maximum absolute atomic E-state index is 5.47. The molecule has 146 valence electrons. The summed E-state index contributed by atoms with van der Waals surface area (Å²) < 4.78 is 5.47. The minimum absolute atomic E-state index is 0. The number of nitrogens with one attached hydrogen (secondary N) is 1. The molecule has 0 bridgehead atoms. The highest BCUT2D eigenvalue weighted by atomic mass is 127. The molecule has 0 spiro atoms. The lowest BCUT2D eigenvalue weighted by molar-refractivity contribution is 0.0195. The van der Waals surface area contributed by atoms with Gasteiger partial charge in [0.1, 0.15) is 0 Å². The zero-order chi connectivity index (χ0) is 17.5. The Morgan fingerprint density at radius 2 is 1.96 bits per heavy atom. The summed E-state index contributed by atoms with van der Waals surface area (Å²) in [4.78, 5) is 10.8. The van der Waals surface area contributed by atoms with Crippen LogP contribution in [-0.4, -0.2) is 80.5 Å². The van der Waals surface area contributed by atoms with E-state index in [1.54, 1.807) is 0 Å². The normalized spacial score (nSPS) is 21.5. The molecule has 0 aromatic heterocycles. The lowest BCUT2D eigenvalue weighted by Gasteiger charge is -2.32. The van der Waals surface area contributed by atoms with Gasteiger partial charge in [-0.25, -0.2) is 0 Å². The molecule has 2 aliphatic rings. The number of aryl methyl sites for hydroxylation is 1. The molecule has 2 heterocycles. The van der Waals surface area contributed by atoms with Crippen LogP contribution in [0.5, 0.6) is 0 Å². The predicted octanol–water partition coefficient (Wildman–Crippen LogP) is 2.69. The van der Waals surface area contributed by atoms with Crippen LogP contribution >= 0.6 is 35.7 Å². The molecule has 1 aromatic carbocycles. The lowest BCUT2D eigenvalue weighted by atomic mass is 10.2. The molecule has 3 rings (SSSR count). The number of hydrogen-bond donors (Lipinski definition) is 1. The largest absolute Gasteiger partial charge is 0.379 e. The lowest BCUT2D eigenvalue weighted by Crippen LogP contribution is -2.47. The molecule has 2 saturated heterocycles. The standard InChI is InChI=1S/C19H30N4OS.HI/c1-16-3-5-18(6-4-16)25-14-8-21-19(20-2)23-9-7-17(15-23)22-10-12-24-13-11-22;/h3-6,17H,7-15H2,1-2H3,(H,20,21);1H. The fraction of sp³-hybridized carbons (Fsp3) is 0.632. The van der Waals surface area contributed by atoms with Crippen molar-refractivity contribution in [3.05, 3.63) is 29.8 Å². The van der Waals surface area contributed by atoms with Crippen LogP contribution in [0.25, 0.3) is 0 Å². The smallest absolute Gasteiger partial charge is 0.193 e. The van der Waals surface area contributed by atoms with E-state index in [0.717, 1.165) is 57.6 Å². The summed E-state index contributed by atoms with van der Waals surface area (Å²) in [6.45, 7) is 9.11. The summed E-state index contributed by atoms with van der Waals surface area (Å²) in [7, 11) is 1.89. The van der Waals surface area contributed by atoms with Crippen LogP contribution in [-0.2, 0) is 4.74 Å². The number of hydrogen-bond acceptors (Lipinski definition) is 4. The van der Waals surface area contributed by atoms with Crippen LogP contribution in [0.1, 0.15) is 12.0 Å². The molecule has 1 atom stereocenters. The number of nitrogens with zero attached hydrogens (tertiary/aromatic N) is 3. The average Bonchev–Trinajstić information content (AvgIpc) is 3.14. The predicted molar refractivity (Wildman–Crippen MR) is 121 cm³/mol. The molecular formula is C19H31IN4OS. The molecule has 1 N–H and O–H groups in total. The fourth-order valence-electron chi connectivity index (χ4n) is 3.47. The number of ether oxygens (including phenoxy) is 1. The van der Waals surface area contributed by atoms with E-state index in [0.29, 0.717) is 6.04 Å². The van der Waals surface area contributed by atoms with Crippen molar-refractivity contribution >= 4 is 41.7 Å². The van der Waals surface area contributed by atoms with Gasteiger partial charge < -0.3 is 15.0 Å². The van der Waals surface area contributed by atoms with Crippen molar-refractivity contribution in [2.75, 3.05) is 58.7 Å². The zero-order valence-electron chi connectivity index (χ0n) is 15.8. The van der Waals surface area contributed by atoms with Gasteiger partial charge in [-0.05, 0) is 25.5 Å². The fourth-order valence-corrected chi connectivity index (χ4v) is 4.24. The Morgan fingerprint density at radius 1 is 1.23 bits per heavy atom. The van der Waals surface area contributed by atoms with E-state index < -0.39 is 0 Å². The molecule has 1 unspecified atom stereocenters. The summed E-state index contributed by atoms with van der Waals surface area (Å²) in [5.41, 5.74) is 1.31. The second-order valence-corrected chi connectivity index (χ2v) is 7.84. The second kappa shape index (κ2) is 11.4. The molecule has 0 aliphatic carbocycles. The van der Waals surface area contributed by atoms with Crippen molar-refractivity contribution in [1.29, 1.82) is 0 Å². The van der Waals surface area contributed by atoms with E-state index in [1.165, 1.54) is 16.9 Å². The highest BCUT2D eigenvalue weighted by Gasteiger charge is 2.30. The van der Waals surface area contributed by atoms with Crippen LogP contribution in [0, 0.1) is 6.92 Å². The molecule has 5 nitrogen and oxygen atoms in total. The Kier molecular flexibility index (Phi) is 9.52. The van der Waals surface area contributed by atoms with E-state index in [2.05, 4.69) is 51.3 Å². The van der Waals surface area contributed by atoms with Crippen molar-refractivity contribution in [3.63, 3.8) is 0 Å². The number of rotatable bonds is 5. The van der Waals surface area contributed by atoms with Gasteiger partial charge in [0.25, 0.3) is 0 Å². The number of guanidine groups is 1. The third-order valence-corrected chi connectivity index (χ3v) is 5.93. The minimum Gasteiger partial charge on any atom is -0.379 e. The number of benzene rings is 1. The van der Waals surface area contributed by atoms with Crippen LogP contribution in [0.2, 0.25) is 0 Å². The van der Waals surface area contributed by atoms with Gasteiger partial charge in [0, 0.05) is 56.5 Å². The van der Waals surface area contributed by atoms with Crippen molar-refractivity contribution < 1.29 is 4.74 Å². The second-order valence-electron chi connectivity index (χ2n) is 6.67. The minimum atomic E-state index is 0. The first-order chi connectivity index (χ1) is 12.3. The monoisotopic (exact) mass is 490 g/mol. The van der Waals surface area contributed by atoms with Gasteiger partial charge in [0.15, 0.2) is 5.96 Å². The summed E-state index contributed by atoms with van der Waals surface area (Å²) in [6, 6.07) is 9.38. The van der Waals surface area contributed by atoms with Crippen LogP contribution in [0.15, 0.2) is 34.2 Å². The van der Waals surface area contributed by atoms with Gasteiger partial charge in [0.2, 0.25) is 0 Å². The molecule has 0 saturated carbocycles. The molecule has 1 aromatic rings. The SMILES string of the molecule is CN=C(NCCSc1ccc(C)cc1)N1CCC(N2CCOCC2)C1.I. The molecule has 0 amide bonds. The Hall–Kier alpha value is -0.510. The Bertz CT molecular complexity index is 563. The topological polar surface area (TPSA) is 40.1 Å². The number of aliphatic imine (C=N–C) groups is 1. The number of halogens is 1. The molecule has 0 radical (unpaired) electrons. The van der Waals surface area contributed by atoms with E-state index >= 15 is 0 Å². The van der Waals surface area contributed by atoms with E-state index in [-0.39, 0.29) is 24.0 Å². The first kappa shape index (κ1) is 21.8. The average molecular weight is 490 g/mol. The Labute approximate surface area is 179 Å². The van der Waals surface area contributed by atoms with Gasteiger partial charge in [-0.1, -0.05) is 17.7 Å². The highest BCUT2D eigenvalue weighted by Crippen LogP contribution is 2.18. The summed E-state index contributed by atoms with van der Waals surface area (Å²) in [5, 5.41) is 3.53. The van der Waals surface area contributed by atoms with E-state index in [1.807, 2.05) is 18.8 Å². The number of morpholine rings is 1. The van der Waals surface area contributed by atoms with Crippen molar-refractivity contribution in [2.45, 2.75) is 24.3 Å². The first-order valence-corrected chi connectivity index (χ1v) is 10.2. The third kappa shape index (κ3) is 6.28.